The minimum atomic E-state index is 0.132. The lowest BCUT2D eigenvalue weighted by Crippen LogP contribution is -2.31. The number of likely N-dealkylation sites (tertiary alicyclic amines) is 2. The third kappa shape index (κ3) is 3.25. The Hall–Kier alpha value is -1.31. The highest BCUT2D eigenvalue weighted by Crippen LogP contribution is 2.41. The smallest absolute Gasteiger partial charge is 0.223 e. The van der Waals surface area contributed by atoms with Crippen LogP contribution in [-0.2, 0) is 17.9 Å². The topological polar surface area (TPSA) is 49.3 Å². The van der Waals surface area contributed by atoms with Gasteiger partial charge in [0, 0.05) is 42.2 Å². The van der Waals surface area contributed by atoms with Crippen LogP contribution in [0.1, 0.15) is 34.2 Å². The van der Waals surface area contributed by atoms with Gasteiger partial charge in [0.2, 0.25) is 5.91 Å². The van der Waals surface area contributed by atoms with Crippen LogP contribution in [0, 0.1) is 19.3 Å². The minimum absolute atomic E-state index is 0.132. The summed E-state index contributed by atoms with van der Waals surface area (Å²) in [5.41, 5.74) is 2.32. The number of aryl methyl sites for hydroxylation is 2. The number of aromatic nitrogens is 2. The van der Waals surface area contributed by atoms with Crippen LogP contribution in [0.5, 0.6) is 0 Å². The van der Waals surface area contributed by atoms with Gasteiger partial charge in [-0.2, -0.15) is 0 Å². The molecule has 0 N–H and O–H groups in total. The molecule has 2 saturated heterocycles. The first-order valence-corrected chi connectivity index (χ1v) is 10.1. The lowest BCUT2D eigenvalue weighted by molar-refractivity contribution is -0.128. The molecular formula is C17H22N4OS2. The maximum Gasteiger partial charge on any atom is 0.223 e. The fourth-order valence-electron chi connectivity index (χ4n) is 3.95. The Morgan fingerprint density at radius 2 is 1.75 bits per heavy atom. The second kappa shape index (κ2) is 6.20. The maximum atomic E-state index is 12.5. The Labute approximate surface area is 150 Å². The van der Waals surface area contributed by atoms with Crippen LogP contribution in [0.25, 0.3) is 0 Å². The zero-order chi connectivity index (χ0) is 16.7. The van der Waals surface area contributed by atoms with E-state index in [4.69, 9.17) is 0 Å². The summed E-state index contributed by atoms with van der Waals surface area (Å²) in [5, 5.41) is 6.41. The van der Waals surface area contributed by atoms with Gasteiger partial charge in [0.25, 0.3) is 0 Å². The van der Waals surface area contributed by atoms with Gasteiger partial charge in [0.15, 0.2) is 0 Å². The molecule has 1 spiro atoms. The molecule has 0 aliphatic carbocycles. The van der Waals surface area contributed by atoms with E-state index in [1.807, 2.05) is 18.7 Å². The van der Waals surface area contributed by atoms with Crippen LogP contribution in [0.4, 0.5) is 0 Å². The Morgan fingerprint density at radius 1 is 1.08 bits per heavy atom. The van der Waals surface area contributed by atoms with Crippen molar-refractivity contribution in [3.8, 4) is 0 Å². The molecule has 24 heavy (non-hydrogen) atoms. The number of amides is 1. The molecule has 0 aromatic carbocycles. The minimum Gasteiger partial charge on any atom is -0.336 e. The van der Waals surface area contributed by atoms with E-state index >= 15 is 0 Å². The molecule has 4 rings (SSSR count). The first-order valence-electron chi connectivity index (χ1n) is 8.34. The van der Waals surface area contributed by atoms with Crippen molar-refractivity contribution >= 4 is 28.6 Å². The third-order valence-corrected chi connectivity index (χ3v) is 6.64. The van der Waals surface area contributed by atoms with Crippen LogP contribution < -0.4 is 0 Å². The monoisotopic (exact) mass is 362 g/mol. The Balaban J connectivity index is 1.39. The van der Waals surface area contributed by atoms with Gasteiger partial charge < -0.3 is 4.90 Å². The summed E-state index contributed by atoms with van der Waals surface area (Å²) in [7, 11) is 0. The van der Waals surface area contributed by atoms with Gasteiger partial charge in [-0.1, -0.05) is 0 Å². The van der Waals surface area contributed by atoms with Gasteiger partial charge >= 0.3 is 0 Å². The van der Waals surface area contributed by atoms with Crippen LogP contribution in [0.2, 0.25) is 0 Å². The van der Waals surface area contributed by atoms with Crippen LogP contribution in [0.15, 0.2) is 10.8 Å². The predicted molar refractivity (Wildman–Crippen MR) is 96.1 cm³/mol. The van der Waals surface area contributed by atoms with Crippen molar-refractivity contribution < 1.29 is 4.79 Å². The van der Waals surface area contributed by atoms with Crippen molar-refractivity contribution in [3.05, 3.63) is 32.2 Å². The van der Waals surface area contributed by atoms with E-state index < -0.39 is 0 Å². The predicted octanol–water partition coefficient (Wildman–Crippen LogP) is 2.84. The van der Waals surface area contributed by atoms with Gasteiger partial charge in [-0.15, -0.1) is 22.7 Å². The molecule has 5 nitrogen and oxygen atoms in total. The van der Waals surface area contributed by atoms with Crippen LogP contribution in [0.3, 0.4) is 0 Å². The van der Waals surface area contributed by atoms with Crippen molar-refractivity contribution in [3.63, 3.8) is 0 Å². The first kappa shape index (κ1) is 16.2. The van der Waals surface area contributed by atoms with E-state index in [-0.39, 0.29) is 11.3 Å². The zero-order valence-corrected chi connectivity index (χ0v) is 15.8. The number of thiazole rings is 2. The van der Waals surface area contributed by atoms with Gasteiger partial charge in [0.05, 0.1) is 27.9 Å². The second-order valence-corrected chi connectivity index (χ2v) is 9.23. The van der Waals surface area contributed by atoms with E-state index in [1.54, 1.807) is 22.7 Å². The molecule has 2 fully saturated rings. The van der Waals surface area contributed by atoms with Crippen LogP contribution in [-0.4, -0.2) is 45.3 Å². The number of hydrogen-bond acceptors (Lipinski definition) is 6. The van der Waals surface area contributed by atoms with Gasteiger partial charge in [0.1, 0.15) is 0 Å². The molecule has 0 saturated carbocycles. The number of carbonyl (C=O) groups excluding carboxylic acids is 1. The van der Waals surface area contributed by atoms with Crippen LogP contribution >= 0.6 is 22.7 Å². The Morgan fingerprint density at radius 3 is 2.38 bits per heavy atom. The molecular weight excluding hydrogens is 340 g/mol. The van der Waals surface area contributed by atoms with Gasteiger partial charge in [-0.05, 0) is 26.8 Å². The summed E-state index contributed by atoms with van der Waals surface area (Å²) in [5.74, 6) is 0.284. The average molecular weight is 363 g/mol. The largest absolute Gasteiger partial charge is 0.336 e. The van der Waals surface area contributed by atoms with Crippen molar-refractivity contribution in [2.45, 2.75) is 39.8 Å². The summed E-state index contributed by atoms with van der Waals surface area (Å²) in [6, 6.07) is 0. The lowest BCUT2D eigenvalue weighted by atomic mass is 9.86. The summed E-state index contributed by atoms with van der Waals surface area (Å²) >= 11 is 3.36. The summed E-state index contributed by atoms with van der Waals surface area (Å²) in [6.07, 6.45) is 1.79. The molecule has 1 atom stereocenters. The lowest BCUT2D eigenvalue weighted by Gasteiger charge is -2.23. The molecule has 4 heterocycles. The summed E-state index contributed by atoms with van der Waals surface area (Å²) < 4.78 is 0. The molecule has 2 aliphatic heterocycles. The fraction of sp³-hybridized carbons (Fsp3) is 0.588. The van der Waals surface area contributed by atoms with Gasteiger partial charge in [-0.3, -0.25) is 9.69 Å². The highest BCUT2D eigenvalue weighted by atomic mass is 32.1. The van der Waals surface area contributed by atoms with E-state index in [1.165, 1.54) is 0 Å². The quantitative estimate of drug-likeness (QED) is 0.839. The maximum absolute atomic E-state index is 12.5. The van der Waals surface area contributed by atoms with Crippen molar-refractivity contribution in [2.75, 3.05) is 19.6 Å². The van der Waals surface area contributed by atoms with Crippen molar-refractivity contribution in [1.29, 1.82) is 0 Å². The molecule has 2 aliphatic rings. The molecule has 1 unspecified atom stereocenters. The SMILES string of the molecule is Cc1nc(CN2CCC3(CC(=O)N(Cc4csc(C)n4)C3)C2)cs1. The fourth-order valence-corrected chi connectivity index (χ4v) is 5.16. The van der Waals surface area contributed by atoms with Gasteiger partial charge in [-0.25, -0.2) is 9.97 Å². The third-order valence-electron chi connectivity index (χ3n) is 4.99. The van der Waals surface area contributed by atoms with E-state index in [0.29, 0.717) is 13.0 Å². The second-order valence-electron chi connectivity index (χ2n) is 7.10. The number of nitrogens with zero attached hydrogens (tertiary/aromatic N) is 4. The molecule has 1 amide bonds. The average Bonchev–Trinajstić information content (AvgIpc) is 3.26. The zero-order valence-electron chi connectivity index (χ0n) is 14.1. The van der Waals surface area contributed by atoms with E-state index in [9.17, 15) is 4.79 Å². The standard InChI is InChI=1S/C17H22N4OS2/c1-12-18-14(8-23-12)6-20-4-3-17(10-20)5-16(22)21(11-17)7-15-9-24-13(2)19-15/h8-9H,3-7,10-11H2,1-2H3. The summed E-state index contributed by atoms with van der Waals surface area (Å²) in [4.78, 5) is 26.0. The van der Waals surface area contributed by atoms with Crippen molar-refractivity contribution in [2.24, 2.45) is 5.41 Å². The normalized spacial score (nSPS) is 24.6. The van der Waals surface area contributed by atoms with Crippen molar-refractivity contribution in [1.82, 2.24) is 19.8 Å². The number of carbonyl (C=O) groups is 1. The number of hydrogen-bond donors (Lipinski definition) is 0. The molecule has 2 aromatic heterocycles. The number of rotatable bonds is 4. The molecule has 128 valence electrons. The highest BCUT2D eigenvalue weighted by Gasteiger charge is 2.47. The van der Waals surface area contributed by atoms with E-state index in [0.717, 1.165) is 54.0 Å². The first-order chi connectivity index (χ1) is 11.5. The highest BCUT2D eigenvalue weighted by molar-refractivity contribution is 7.09. The molecule has 7 heteroatoms. The molecule has 2 aromatic rings. The molecule has 0 radical (unpaired) electrons. The molecule has 0 bridgehead atoms. The van der Waals surface area contributed by atoms with E-state index in [2.05, 4.69) is 25.6 Å². The Kier molecular flexibility index (Phi) is 4.18. The Bertz CT molecular complexity index is 755. The summed E-state index contributed by atoms with van der Waals surface area (Å²) in [6.45, 7) is 8.57.